The first kappa shape index (κ1) is 8.67. The van der Waals surface area contributed by atoms with Gasteiger partial charge in [-0.3, -0.25) is 0 Å². The lowest BCUT2D eigenvalue weighted by molar-refractivity contribution is 0.0620. The average molecular weight is 180 g/mol. The van der Waals surface area contributed by atoms with E-state index in [-0.39, 0.29) is 0 Å². The van der Waals surface area contributed by atoms with Crippen LogP contribution in [0.1, 0.15) is 26.7 Å². The molecule has 0 N–H and O–H groups in total. The van der Waals surface area contributed by atoms with Crippen LogP contribution in [0.4, 0.5) is 0 Å². The third-order valence-electron chi connectivity index (χ3n) is 2.59. The van der Waals surface area contributed by atoms with E-state index in [0.717, 1.165) is 24.4 Å². The Kier molecular flexibility index (Phi) is 2.30. The Hall–Kier alpha value is -0.920. The first-order chi connectivity index (χ1) is 6.27. The van der Waals surface area contributed by atoms with Crippen molar-refractivity contribution >= 4 is 0 Å². The van der Waals surface area contributed by atoms with E-state index in [1.165, 1.54) is 5.57 Å². The lowest BCUT2D eigenvalue weighted by Crippen LogP contribution is -2.16. The van der Waals surface area contributed by atoms with Gasteiger partial charge in [-0.15, -0.1) is 0 Å². The quantitative estimate of drug-likeness (QED) is 0.617. The second-order valence-corrected chi connectivity index (χ2v) is 3.86. The smallest absolute Gasteiger partial charge is 0.157 e. The normalized spacial score (nSPS) is 21.9. The Morgan fingerprint density at radius 2 is 1.92 bits per heavy atom. The van der Waals surface area contributed by atoms with E-state index in [4.69, 9.17) is 9.47 Å². The topological polar surface area (TPSA) is 18.5 Å². The van der Waals surface area contributed by atoms with Crippen molar-refractivity contribution in [2.75, 3.05) is 13.2 Å². The highest BCUT2D eigenvalue weighted by Crippen LogP contribution is 2.30. The summed E-state index contributed by atoms with van der Waals surface area (Å²) in [5.74, 6) is 2.65. The molecule has 72 valence electrons. The fourth-order valence-electron chi connectivity index (χ4n) is 1.74. The number of rotatable bonds is 1. The van der Waals surface area contributed by atoms with E-state index >= 15 is 0 Å². The van der Waals surface area contributed by atoms with Crippen molar-refractivity contribution in [2.24, 2.45) is 5.92 Å². The molecule has 0 saturated carbocycles. The molecule has 0 radical (unpaired) electrons. The molecule has 0 amide bonds. The fraction of sp³-hybridized carbons (Fsp3) is 0.636. The van der Waals surface area contributed by atoms with Gasteiger partial charge in [-0.25, -0.2) is 0 Å². The Morgan fingerprint density at radius 1 is 1.15 bits per heavy atom. The maximum Gasteiger partial charge on any atom is 0.157 e. The van der Waals surface area contributed by atoms with Gasteiger partial charge in [0, 0.05) is 6.42 Å². The van der Waals surface area contributed by atoms with Crippen molar-refractivity contribution in [3.63, 3.8) is 0 Å². The molecule has 2 nitrogen and oxygen atoms in total. The van der Waals surface area contributed by atoms with Crippen molar-refractivity contribution in [3.05, 3.63) is 23.2 Å². The lowest BCUT2D eigenvalue weighted by atomic mass is 9.93. The molecule has 0 aromatic heterocycles. The van der Waals surface area contributed by atoms with Gasteiger partial charge < -0.3 is 9.47 Å². The van der Waals surface area contributed by atoms with Gasteiger partial charge in [0.2, 0.25) is 0 Å². The van der Waals surface area contributed by atoms with E-state index in [2.05, 4.69) is 19.9 Å². The lowest BCUT2D eigenvalue weighted by Gasteiger charge is -2.26. The van der Waals surface area contributed by atoms with Crippen molar-refractivity contribution in [1.29, 1.82) is 0 Å². The number of allylic oxidation sites excluding steroid dienone is 3. The van der Waals surface area contributed by atoms with Crippen LogP contribution in [-0.2, 0) is 9.47 Å². The van der Waals surface area contributed by atoms with Crippen molar-refractivity contribution in [1.82, 2.24) is 0 Å². The summed E-state index contributed by atoms with van der Waals surface area (Å²) in [6.45, 7) is 5.85. The zero-order valence-electron chi connectivity index (χ0n) is 8.30. The van der Waals surface area contributed by atoms with Crippen LogP contribution in [0.2, 0.25) is 0 Å². The maximum absolute atomic E-state index is 5.54. The minimum atomic E-state index is 0.625. The van der Waals surface area contributed by atoms with Crippen molar-refractivity contribution in [2.45, 2.75) is 26.7 Å². The van der Waals surface area contributed by atoms with Gasteiger partial charge >= 0.3 is 0 Å². The van der Waals surface area contributed by atoms with Crippen LogP contribution < -0.4 is 0 Å². The second kappa shape index (κ2) is 3.44. The van der Waals surface area contributed by atoms with Crippen LogP contribution in [0, 0.1) is 5.92 Å². The molecular weight excluding hydrogens is 164 g/mol. The molecule has 2 rings (SSSR count). The molecule has 13 heavy (non-hydrogen) atoms. The molecule has 0 atom stereocenters. The first-order valence-corrected chi connectivity index (χ1v) is 4.96. The minimum absolute atomic E-state index is 0.625. The molecule has 2 heteroatoms. The van der Waals surface area contributed by atoms with Crippen LogP contribution >= 0.6 is 0 Å². The standard InChI is InChI=1S/C11H16O2/c1-8(2)9-3-4-10-11(7-9)13-6-5-12-10/h7-8H,3-6H2,1-2H3. The zero-order chi connectivity index (χ0) is 9.26. The van der Waals surface area contributed by atoms with Crippen LogP contribution in [0.25, 0.3) is 0 Å². The van der Waals surface area contributed by atoms with Crippen molar-refractivity contribution < 1.29 is 9.47 Å². The highest BCUT2D eigenvalue weighted by molar-refractivity contribution is 5.28. The number of hydrogen-bond acceptors (Lipinski definition) is 2. The van der Waals surface area contributed by atoms with Crippen LogP contribution in [0.5, 0.6) is 0 Å². The molecule has 0 spiro atoms. The summed E-state index contributed by atoms with van der Waals surface area (Å²) in [6, 6.07) is 0. The number of hydrogen-bond donors (Lipinski definition) is 0. The second-order valence-electron chi connectivity index (χ2n) is 3.86. The van der Waals surface area contributed by atoms with E-state index < -0.39 is 0 Å². The summed E-state index contributed by atoms with van der Waals surface area (Å²) in [7, 11) is 0. The summed E-state index contributed by atoms with van der Waals surface area (Å²) in [5.41, 5.74) is 1.48. The Morgan fingerprint density at radius 3 is 2.69 bits per heavy atom. The van der Waals surface area contributed by atoms with E-state index in [9.17, 15) is 0 Å². The molecule has 2 aliphatic rings. The molecule has 1 heterocycles. The van der Waals surface area contributed by atoms with Gasteiger partial charge in [0.1, 0.15) is 19.0 Å². The summed E-state index contributed by atoms with van der Waals surface area (Å²) in [4.78, 5) is 0. The van der Waals surface area contributed by atoms with Gasteiger partial charge in [-0.05, 0) is 18.4 Å². The molecule has 0 saturated heterocycles. The van der Waals surface area contributed by atoms with Crippen LogP contribution in [0.15, 0.2) is 23.2 Å². The molecule has 0 aromatic rings. The monoisotopic (exact) mass is 180 g/mol. The molecular formula is C11H16O2. The van der Waals surface area contributed by atoms with E-state index in [1.54, 1.807) is 0 Å². The fourth-order valence-corrected chi connectivity index (χ4v) is 1.74. The molecule has 0 fully saturated rings. The van der Waals surface area contributed by atoms with E-state index in [0.29, 0.717) is 19.1 Å². The van der Waals surface area contributed by atoms with Crippen molar-refractivity contribution in [3.8, 4) is 0 Å². The highest BCUT2D eigenvalue weighted by atomic mass is 16.6. The third-order valence-corrected chi connectivity index (χ3v) is 2.59. The summed E-state index contributed by atoms with van der Waals surface area (Å²) < 4.78 is 11.1. The minimum Gasteiger partial charge on any atom is -0.491 e. The summed E-state index contributed by atoms with van der Waals surface area (Å²) in [5, 5.41) is 0. The predicted octanol–water partition coefficient (Wildman–Crippen LogP) is 2.62. The molecule has 0 bridgehead atoms. The number of ether oxygens (including phenoxy) is 2. The molecule has 0 aromatic carbocycles. The van der Waals surface area contributed by atoms with Gasteiger partial charge in [0.05, 0.1) is 0 Å². The predicted molar refractivity (Wildman–Crippen MR) is 51.1 cm³/mol. The molecule has 0 unspecified atom stereocenters. The van der Waals surface area contributed by atoms with Gasteiger partial charge in [-0.2, -0.15) is 0 Å². The molecule has 1 aliphatic carbocycles. The van der Waals surface area contributed by atoms with Gasteiger partial charge in [-0.1, -0.05) is 19.4 Å². The Bertz CT molecular complexity index is 261. The highest BCUT2D eigenvalue weighted by Gasteiger charge is 2.20. The summed E-state index contributed by atoms with van der Waals surface area (Å²) in [6.07, 6.45) is 4.29. The maximum atomic E-state index is 5.54. The SMILES string of the molecule is CC(C)C1=CC2=C(CC1)OCCO2. The Balaban J connectivity index is 2.20. The van der Waals surface area contributed by atoms with Gasteiger partial charge in [0.25, 0.3) is 0 Å². The van der Waals surface area contributed by atoms with Gasteiger partial charge in [0.15, 0.2) is 5.76 Å². The van der Waals surface area contributed by atoms with Crippen LogP contribution in [-0.4, -0.2) is 13.2 Å². The van der Waals surface area contributed by atoms with E-state index in [1.807, 2.05) is 0 Å². The zero-order valence-corrected chi connectivity index (χ0v) is 8.30. The largest absolute Gasteiger partial charge is 0.491 e. The summed E-state index contributed by atoms with van der Waals surface area (Å²) >= 11 is 0. The van der Waals surface area contributed by atoms with Crippen LogP contribution in [0.3, 0.4) is 0 Å². The Labute approximate surface area is 79.2 Å². The third kappa shape index (κ3) is 1.71. The first-order valence-electron chi connectivity index (χ1n) is 4.96. The molecule has 1 aliphatic heterocycles. The average Bonchev–Trinajstić information content (AvgIpc) is 2.17.